The van der Waals surface area contributed by atoms with Crippen LogP contribution in [0.3, 0.4) is 0 Å². The van der Waals surface area contributed by atoms with Gasteiger partial charge in [0.2, 0.25) is 0 Å². The van der Waals surface area contributed by atoms with E-state index >= 15 is 0 Å². The van der Waals surface area contributed by atoms with E-state index in [0.29, 0.717) is 10.0 Å². The Morgan fingerprint density at radius 1 is 1.59 bits per heavy atom. The standard InChI is InChI=1S/C9H12ClN3O2S2/c1-9(2,17(3,14)15)5-12-8-13-7(10)6(4-11)16-8/h5H2,1-3H3,(H,12,13). The number of hydrogen-bond acceptors (Lipinski definition) is 6. The molecule has 5 nitrogen and oxygen atoms in total. The Bertz CT molecular complexity index is 557. The molecule has 0 aliphatic heterocycles. The van der Waals surface area contributed by atoms with Crippen molar-refractivity contribution < 1.29 is 8.42 Å². The molecule has 0 atom stereocenters. The van der Waals surface area contributed by atoms with Crippen molar-refractivity contribution in [3.05, 3.63) is 10.0 Å². The van der Waals surface area contributed by atoms with E-state index in [0.717, 1.165) is 11.3 Å². The first kappa shape index (κ1) is 14.2. The lowest BCUT2D eigenvalue weighted by atomic mass is 10.2. The highest BCUT2D eigenvalue weighted by atomic mass is 35.5. The zero-order valence-corrected chi connectivity index (χ0v) is 12.0. The summed E-state index contributed by atoms with van der Waals surface area (Å²) in [5.41, 5.74) is 0. The molecule has 0 aliphatic carbocycles. The van der Waals surface area contributed by atoms with Gasteiger partial charge in [0.15, 0.2) is 20.1 Å². The highest BCUT2D eigenvalue weighted by Crippen LogP contribution is 2.26. The average molecular weight is 294 g/mol. The van der Waals surface area contributed by atoms with Gasteiger partial charge in [-0.05, 0) is 13.8 Å². The summed E-state index contributed by atoms with van der Waals surface area (Å²) >= 11 is 6.80. The quantitative estimate of drug-likeness (QED) is 0.917. The van der Waals surface area contributed by atoms with Crippen LogP contribution in [0.1, 0.15) is 18.7 Å². The van der Waals surface area contributed by atoms with E-state index in [1.54, 1.807) is 13.8 Å². The second-order valence-corrected chi connectivity index (χ2v) is 8.14. The lowest BCUT2D eigenvalue weighted by Crippen LogP contribution is -2.38. The molecule has 0 bridgehead atoms. The number of nitrogens with zero attached hydrogens (tertiary/aromatic N) is 2. The van der Waals surface area contributed by atoms with Crippen molar-refractivity contribution in [2.75, 3.05) is 18.1 Å². The molecule has 0 aromatic carbocycles. The van der Waals surface area contributed by atoms with Crippen molar-refractivity contribution in [2.45, 2.75) is 18.6 Å². The molecule has 94 valence electrons. The van der Waals surface area contributed by atoms with Gasteiger partial charge in [-0.3, -0.25) is 0 Å². The van der Waals surface area contributed by atoms with Gasteiger partial charge in [0, 0.05) is 12.8 Å². The minimum atomic E-state index is -3.17. The Hall–Kier alpha value is -0.840. The molecule has 1 N–H and O–H groups in total. The third-order valence-corrected chi connectivity index (χ3v) is 5.81. The van der Waals surface area contributed by atoms with E-state index in [9.17, 15) is 8.42 Å². The van der Waals surface area contributed by atoms with Crippen LogP contribution in [-0.4, -0.2) is 30.9 Å². The molecule has 0 fully saturated rings. The third-order valence-electron chi connectivity index (χ3n) is 2.36. The van der Waals surface area contributed by atoms with Gasteiger partial charge in [-0.15, -0.1) is 0 Å². The van der Waals surface area contributed by atoms with Crippen molar-refractivity contribution in [3.8, 4) is 6.07 Å². The van der Waals surface area contributed by atoms with E-state index in [2.05, 4.69) is 10.3 Å². The van der Waals surface area contributed by atoms with Gasteiger partial charge in [-0.2, -0.15) is 5.26 Å². The molecule has 8 heteroatoms. The predicted octanol–water partition coefficient (Wildman–Crippen LogP) is 1.90. The summed E-state index contributed by atoms with van der Waals surface area (Å²) < 4.78 is 22.0. The Kier molecular flexibility index (Phi) is 4.02. The number of rotatable bonds is 4. The fraction of sp³-hybridized carbons (Fsp3) is 0.556. The van der Waals surface area contributed by atoms with Crippen LogP contribution in [-0.2, 0) is 9.84 Å². The van der Waals surface area contributed by atoms with Gasteiger partial charge < -0.3 is 5.32 Å². The lowest BCUT2D eigenvalue weighted by Gasteiger charge is -2.22. The molecule has 1 rings (SSSR count). The van der Waals surface area contributed by atoms with Crippen LogP contribution >= 0.6 is 22.9 Å². The topological polar surface area (TPSA) is 82.8 Å². The predicted molar refractivity (Wildman–Crippen MR) is 69.3 cm³/mol. The first-order chi connectivity index (χ1) is 7.67. The summed E-state index contributed by atoms with van der Waals surface area (Å²) in [5, 5.41) is 12.2. The van der Waals surface area contributed by atoms with Gasteiger partial charge in [0.25, 0.3) is 0 Å². The van der Waals surface area contributed by atoms with Gasteiger partial charge in [-0.25, -0.2) is 13.4 Å². The molecule has 0 spiro atoms. The molecule has 1 heterocycles. The van der Waals surface area contributed by atoms with Gasteiger partial charge >= 0.3 is 0 Å². The fourth-order valence-electron chi connectivity index (χ4n) is 0.866. The van der Waals surface area contributed by atoms with Crippen molar-refractivity contribution in [2.24, 2.45) is 0 Å². The van der Waals surface area contributed by atoms with E-state index in [4.69, 9.17) is 16.9 Å². The number of nitrogens with one attached hydrogen (secondary N) is 1. The van der Waals surface area contributed by atoms with Crippen LogP contribution in [0.4, 0.5) is 5.13 Å². The second-order valence-electron chi connectivity index (χ2n) is 4.14. The Balaban J connectivity index is 2.78. The number of halogens is 1. The first-order valence-corrected chi connectivity index (χ1v) is 7.76. The van der Waals surface area contributed by atoms with Gasteiger partial charge in [0.1, 0.15) is 10.9 Å². The number of anilines is 1. The average Bonchev–Trinajstić information content (AvgIpc) is 2.54. The van der Waals surface area contributed by atoms with Crippen LogP contribution in [0.5, 0.6) is 0 Å². The maximum Gasteiger partial charge on any atom is 0.185 e. The summed E-state index contributed by atoms with van der Waals surface area (Å²) in [4.78, 5) is 4.23. The highest BCUT2D eigenvalue weighted by Gasteiger charge is 2.30. The van der Waals surface area contributed by atoms with E-state index in [-0.39, 0.29) is 11.7 Å². The molecule has 0 unspecified atom stereocenters. The minimum absolute atomic E-state index is 0.136. The van der Waals surface area contributed by atoms with E-state index < -0.39 is 14.6 Å². The Morgan fingerprint density at radius 2 is 2.18 bits per heavy atom. The zero-order valence-electron chi connectivity index (χ0n) is 9.61. The largest absolute Gasteiger partial charge is 0.360 e. The number of sulfone groups is 1. The van der Waals surface area contributed by atoms with Crippen LogP contribution in [0, 0.1) is 11.3 Å². The van der Waals surface area contributed by atoms with E-state index in [1.165, 1.54) is 6.26 Å². The maximum atomic E-state index is 11.5. The maximum absolute atomic E-state index is 11.5. The molecule has 0 aliphatic rings. The third kappa shape index (κ3) is 3.31. The molecular formula is C9H12ClN3O2S2. The van der Waals surface area contributed by atoms with Crippen molar-refractivity contribution in [1.82, 2.24) is 4.98 Å². The van der Waals surface area contributed by atoms with Gasteiger partial charge in [0.05, 0.1) is 4.75 Å². The molecule has 1 aromatic rings. The highest BCUT2D eigenvalue weighted by molar-refractivity contribution is 7.92. The molecular weight excluding hydrogens is 282 g/mol. The van der Waals surface area contributed by atoms with Gasteiger partial charge in [-0.1, -0.05) is 22.9 Å². The second kappa shape index (κ2) is 4.80. The summed E-state index contributed by atoms with van der Waals surface area (Å²) in [5.74, 6) is 0. The molecule has 17 heavy (non-hydrogen) atoms. The number of aromatic nitrogens is 1. The Morgan fingerprint density at radius 3 is 2.59 bits per heavy atom. The summed E-state index contributed by atoms with van der Waals surface area (Å²) in [7, 11) is -3.17. The molecule has 0 amide bonds. The lowest BCUT2D eigenvalue weighted by molar-refractivity contribution is 0.560. The number of hydrogen-bond donors (Lipinski definition) is 1. The van der Waals surface area contributed by atoms with Crippen LogP contribution in [0.2, 0.25) is 5.15 Å². The fourth-order valence-corrected chi connectivity index (χ4v) is 2.14. The van der Waals surface area contributed by atoms with Crippen molar-refractivity contribution in [1.29, 1.82) is 5.26 Å². The van der Waals surface area contributed by atoms with Crippen LogP contribution in [0.25, 0.3) is 0 Å². The summed E-state index contributed by atoms with van der Waals surface area (Å²) in [6, 6.07) is 1.91. The van der Waals surface area contributed by atoms with Crippen molar-refractivity contribution >= 4 is 37.9 Å². The molecule has 1 aromatic heterocycles. The SMILES string of the molecule is CC(C)(CNc1nc(Cl)c(C#N)s1)S(C)(=O)=O. The zero-order chi connectivity index (χ0) is 13.3. The minimum Gasteiger partial charge on any atom is -0.360 e. The normalized spacial score (nSPS) is 12.2. The smallest absolute Gasteiger partial charge is 0.185 e. The van der Waals surface area contributed by atoms with Crippen LogP contribution < -0.4 is 5.32 Å². The Labute approximate surface area is 109 Å². The number of thiazole rings is 1. The number of nitriles is 1. The molecule has 0 radical (unpaired) electrons. The summed E-state index contributed by atoms with van der Waals surface area (Å²) in [6.07, 6.45) is 1.18. The van der Waals surface area contributed by atoms with Crippen molar-refractivity contribution in [3.63, 3.8) is 0 Å². The summed E-state index contributed by atoms with van der Waals surface area (Å²) in [6.45, 7) is 3.45. The first-order valence-electron chi connectivity index (χ1n) is 4.67. The monoisotopic (exact) mass is 293 g/mol. The van der Waals surface area contributed by atoms with Crippen LogP contribution in [0.15, 0.2) is 0 Å². The molecule has 0 saturated heterocycles. The molecule has 0 saturated carbocycles. The van der Waals surface area contributed by atoms with E-state index in [1.807, 2.05) is 6.07 Å².